The van der Waals surface area contributed by atoms with Crippen molar-refractivity contribution >= 4 is 21.9 Å². The fourth-order valence-electron chi connectivity index (χ4n) is 5.13. The number of anilines is 1. The minimum absolute atomic E-state index is 0.0769. The number of morpholine rings is 1. The number of amides is 2. The first-order chi connectivity index (χ1) is 20.4. The molecule has 0 atom stereocenters. The van der Waals surface area contributed by atoms with Crippen LogP contribution in [0, 0.1) is 0 Å². The normalized spacial score (nSPS) is 16.5. The summed E-state index contributed by atoms with van der Waals surface area (Å²) in [6.07, 6.45) is 4.51. The Balaban J connectivity index is 1.38. The van der Waals surface area contributed by atoms with E-state index in [1.807, 2.05) is 41.3 Å². The maximum Gasteiger partial charge on any atom is 0.324 e. The molecular formula is C30H44N4O7S. The summed E-state index contributed by atoms with van der Waals surface area (Å²) in [5.74, 6) is 1.96. The van der Waals surface area contributed by atoms with Gasteiger partial charge in [0.25, 0.3) is 10.2 Å². The van der Waals surface area contributed by atoms with Gasteiger partial charge in [-0.3, -0.25) is 4.90 Å². The molecule has 0 aromatic heterocycles. The van der Waals surface area contributed by atoms with Gasteiger partial charge in [-0.15, -0.1) is 0 Å². The number of hydrogen-bond donors (Lipinski definition) is 1. The Labute approximate surface area is 249 Å². The van der Waals surface area contributed by atoms with Crippen LogP contribution in [0.25, 0.3) is 0 Å². The number of carbonyl (C=O) groups is 1. The van der Waals surface area contributed by atoms with Crippen molar-refractivity contribution in [2.45, 2.75) is 45.6 Å². The first kappa shape index (κ1) is 31.9. The van der Waals surface area contributed by atoms with Crippen molar-refractivity contribution in [3.05, 3.63) is 47.5 Å². The van der Waals surface area contributed by atoms with Gasteiger partial charge < -0.3 is 23.8 Å². The van der Waals surface area contributed by atoms with Crippen LogP contribution in [0.4, 0.5) is 10.5 Å². The monoisotopic (exact) mass is 604 g/mol. The van der Waals surface area contributed by atoms with E-state index in [4.69, 9.17) is 18.9 Å². The van der Waals surface area contributed by atoms with Crippen LogP contribution in [0.15, 0.2) is 36.4 Å². The molecule has 0 unspecified atom stereocenters. The molecule has 2 fully saturated rings. The van der Waals surface area contributed by atoms with Crippen LogP contribution in [-0.2, 0) is 27.9 Å². The number of ether oxygens (including phenoxy) is 4. The van der Waals surface area contributed by atoms with Crippen LogP contribution >= 0.6 is 0 Å². The van der Waals surface area contributed by atoms with Gasteiger partial charge in [-0.1, -0.05) is 31.9 Å². The number of nitrogens with zero attached hydrogens (tertiary/aromatic N) is 3. The predicted octanol–water partition coefficient (Wildman–Crippen LogP) is 3.81. The SMILES string of the molecule is CCCCCOc1cc(N2CCCN(Cc3ccc(CCNS(=O)(=O)N4CCOCC4)cc3OC)C2=O)ccc1OC. The van der Waals surface area contributed by atoms with Crippen molar-refractivity contribution in [3.8, 4) is 17.2 Å². The van der Waals surface area contributed by atoms with E-state index in [1.54, 1.807) is 19.1 Å². The Hall–Kier alpha value is -3.06. The number of benzene rings is 2. The van der Waals surface area contributed by atoms with E-state index in [-0.39, 0.29) is 12.6 Å². The van der Waals surface area contributed by atoms with E-state index in [0.717, 1.165) is 42.5 Å². The first-order valence-electron chi connectivity index (χ1n) is 14.7. The molecule has 2 aliphatic heterocycles. The van der Waals surface area contributed by atoms with E-state index >= 15 is 0 Å². The third-order valence-corrected chi connectivity index (χ3v) is 9.11. The Morgan fingerprint density at radius 2 is 1.71 bits per heavy atom. The zero-order valence-electron chi connectivity index (χ0n) is 25.0. The molecule has 1 N–H and O–H groups in total. The number of methoxy groups -OCH3 is 2. The van der Waals surface area contributed by atoms with Gasteiger partial charge in [-0.2, -0.15) is 12.7 Å². The van der Waals surface area contributed by atoms with Crippen molar-refractivity contribution in [1.29, 1.82) is 0 Å². The fraction of sp³-hybridized carbons (Fsp3) is 0.567. The largest absolute Gasteiger partial charge is 0.496 e. The van der Waals surface area contributed by atoms with Crippen molar-refractivity contribution in [2.75, 3.05) is 71.7 Å². The highest BCUT2D eigenvalue weighted by molar-refractivity contribution is 7.87. The molecular weight excluding hydrogens is 560 g/mol. The smallest absolute Gasteiger partial charge is 0.324 e. The highest BCUT2D eigenvalue weighted by Gasteiger charge is 2.28. The standard InChI is InChI=1S/C30H44N4O7S/c1-4-5-6-18-41-29-22-26(10-11-27(29)38-2)34-15-7-14-32(30(34)35)23-25-9-8-24(21-28(25)39-3)12-13-31-42(36,37)33-16-19-40-20-17-33/h8-11,21-22,31H,4-7,12-20,23H2,1-3H3. The van der Waals surface area contributed by atoms with Gasteiger partial charge in [-0.05, 0) is 43.0 Å². The topological polar surface area (TPSA) is 110 Å². The van der Waals surface area contributed by atoms with E-state index in [1.165, 1.54) is 4.31 Å². The summed E-state index contributed by atoms with van der Waals surface area (Å²) in [6, 6.07) is 11.4. The Bertz CT molecular complexity index is 1280. The third-order valence-electron chi connectivity index (χ3n) is 7.50. The van der Waals surface area contributed by atoms with Gasteiger partial charge >= 0.3 is 6.03 Å². The third kappa shape index (κ3) is 8.27. The summed E-state index contributed by atoms with van der Waals surface area (Å²) in [4.78, 5) is 17.2. The molecule has 2 amide bonds. The zero-order valence-corrected chi connectivity index (χ0v) is 25.8. The van der Waals surface area contributed by atoms with Crippen LogP contribution in [0.5, 0.6) is 17.2 Å². The Kier molecular flexibility index (Phi) is 11.7. The second-order valence-electron chi connectivity index (χ2n) is 10.4. The molecule has 0 radical (unpaired) electrons. The van der Waals surface area contributed by atoms with Crippen molar-refractivity contribution < 1.29 is 32.2 Å². The molecule has 11 nitrogen and oxygen atoms in total. The molecule has 2 aromatic rings. The second-order valence-corrected chi connectivity index (χ2v) is 12.2. The summed E-state index contributed by atoms with van der Waals surface area (Å²) in [5.41, 5.74) is 2.61. The molecule has 2 aliphatic rings. The van der Waals surface area contributed by atoms with E-state index in [0.29, 0.717) is 76.2 Å². The molecule has 0 spiro atoms. The van der Waals surface area contributed by atoms with Crippen molar-refractivity contribution in [2.24, 2.45) is 0 Å². The van der Waals surface area contributed by atoms with Crippen LogP contribution < -0.4 is 23.8 Å². The van der Waals surface area contributed by atoms with Gasteiger partial charge in [0.2, 0.25) is 0 Å². The van der Waals surface area contributed by atoms with E-state index in [2.05, 4.69) is 11.6 Å². The average Bonchev–Trinajstić information content (AvgIpc) is 3.01. The zero-order chi connectivity index (χ0) is 30.0. The summed E-state index contributed by atoms with van der Waals surface area (Å²) in [5, 5.41) is 0. The quantitative estimate of drug-likeness (QED) is 0.308. The molecule has 0 aliphatic carbocycles. The van der Waals surface area contributed by atoms with E-state index < -0.39 is 10.2 Å². The summed E-state index contributed by atoms with van der Waals surface area (Å²) in [7, 11) is -0.317. The van der Waals surface area contributed by atoms with E-state index in [9.17, 15) is 13.2 Å². The molecule has 2 heterocycles. The minimum atomic E-state index is -3.54. The molecule has 0 bridgehead atoms. The molecule has 4 rings (SSSR count). The number of urea groups is 1. The molecule has 12 heteroatoms. The fourth-order valence-corrected chi connectivity index (χ4v) is 6.30. The lowest BCUT2D eigenvalue weighted by Crippen LogP contribution is -2.49. The lowest BCUT2D eigenvalue weighted by molar-refractivity contribution is 0.0725. The van der Waals surface area contributed by atoms with Gasteiger partial charge in [0, 0.05) is 50.0 Å². The van der Waals surface area contributed by atoms with Gasteiger partial charge in [0.1, 0.15) is 5.75 Å². The van der Waals surface area contributed by atoms with Crippen LogP contribution in [-0.4, -0.2) is 90.4 Å². The summed E-state index contributed by atoms with van der Waals surface area (Å²) >= 11 is 0. The number of unbranched alkanes of at least 4 members (excludes halogenated alkanes) is 2. The predicted molar refractivity (Wildman–Crippen MR) is 162 cm³/mol. The van der Waals surface area contributed by atoms with Gasteiger partial charge in [0.05, 0.1) is 40.6 Å². The maximum absolute atomic E-state index is 13.6. The maximum atomic E-state index is 13.6. The van der Waals surface area contributed by atoms with Gasteiger partial charge in [0.15, 0.2) is 11.5 Å². The Morgan fingerprint density at radius 3 is 2.45 bits per heavy atom. The summed E-state index contributed by atoms with van der Waals surface area (Å²) < 4.78 is 51.6. The number of carbonyl (C=O) groups excluding carboxylic acids is 1. The lowest BCUT2D eigenvalue weighted by atomic mass is 10.1. The Morgan fingerprint density at radius 1 is 0.929 bits per heavy atom. The second kappa shape index (κ2) is 15.4. The number of hydrogen-bond acceptors (Lipinski definition) is 7. The number of rotatable bonds is 15. The van der Waals surface area contributed by atoms with Crippen molar-refractivity contribution in [3.63, 3.8) is 0 Å². The van der Waals surface area contributed by atoms with Crippen molar-refractivity contribution in [1.82, 2.24) is 13.9 Å². The lowest BCUT2D eigenvalue weighted by Gasteiger charge is -2.36. The molecule has 2 saturated heterocycles. The highest BCUT2D eigenvalue weighted by atomic mass is 32.2. The average molecular weight is 605 g/mol. The first-order valence-corrected chi connectivity index (χ1v) is 16.2. The van der Waals surface area contributed by atoms with Crippen LogP contribution in [0.1, 0.15) is 43.7 Å². The molecule has 232 valence electrons. The van der Waals surface area contributed by atoms with Crippen LogP contribution in [0.3, 0.4) is 0 Å². The summed E-state index contributed by atoms with van der Waals surface area (Å²) in [6.45, 7) is 6.22. The minimum Gasteiger partial charge on any atom is -0.496 e. The highest BCUT2D eigenvalue weighted by Crippen LogP contribution is 2.34. The number of nitrogens with one attached hydrogen (secondary N) is 1. The van der Waals surface area contributed by atoms with Gasteiger partial charge in [-0.25, -0.2) is 9.52 Å². The molecule has 42 heavy (non-hydrogen) atoms. The molecule has 0 saturated carbocycles. The molecule has 2 aromatic carbocycles. The van der Waals surface area contributed by atoms with Crippen LogP contribution in [0.2, 0.25) is 0 Å².